The Morgan fingerprint density at radius 1 is 1.26 bits per heavy atom. The van der Waals surface area contributed by atoms with Crippen molar-refractivity contribution in [3.8, 4) is 0 Å². The third-order valence-electron chi connectivity index (χ3n) is 5.75. The van der Waals surface area contributed by atoms with Gasteiger partial charge in [-0.3, -0.25) is 19.3 Å². The van der Waals surface area contributed by atoms with Crippen LogP contribution in [-0.4, -0.2) is 75.5 Å². The van der Waals surface area contributed by atoms with Crippen molar-refractivity contribution in [3.63, 3.8) is 0 Å². The zero-order valence-electron chi connectivity index (χ0n) is 16.1. The predicted octanol–water partition coefficient (Wildman–Crippen LogP) is 1.52. The smallest absolute Gasteiger partial charge is 0.317 e. The van der Waals surface area contributed by atoms with E-state index in [1.807, 2.05) is 0 Å². The highest BCUT2D eigenvalue weighted by atomic mass is 32.2. The SMILES string of the molecule is CCCCC(=O)N1CSCC1C(=O)NC1CC(N(CC(=O)O)CC2CC2)C1. The molecular formula is C19H31N3O4S. The van der Waals surface area contributed by atoms with Crippen LogP contribution >= 0.6 is 11.8 Å². The lowest BCUT2D eigenvalue weighted by molar-refractivity contribution is -0.140. The van der Waals surface area contributed by atoms with Crippen LogP contribution in [0, 0.1) is 5.92 Å². The molecule has 2 amide bonds. The van der Waals surface area contributed by atoms with Gasteiger partial charge in [0.15, 0.2) is 0 Å². The summed E-state index contributed by atoms with van der Waals surface area (Å²) >= 11 is 1.63. The Morgan fingerprint density at radius 3 is 2.63 bits per heavy atom. The van der Waals surface area contributed by atoms with Crippen molar-refractivity contribution in [2.75, 3.05) is 24.7 Å². The Balaban J connectivity index is 1.44. The van der Waals surface area contributed by atoms with E-state index in [0.717, 1.165) is 32.2 Å². The maximum Gasteiger partial charge on any atom is 0.317 e. The van der Waals surface area contributed by atoms with E-state index < -0.39 is 5.97 Å². The average molecular weight is 398 g/mol. The van der Waals surface area contributed by atoms with Gasteiger partial charge in [-0.25, -0.2) is 0 Å². The van der Waals surface area contributed by atoms with Crippen LogP contribution in [-0.2, 0) is 14.4 Å². The molecule has 7 nitrogen and oxygen atoms in total. The molecule has 3 fully saturated rings. The van der Waals surface area contributed by atoms with Crippen LogP contribution in [0.3, 0.4) is 0 Å². The summed E-state index contributed by atoms with van der Waals surface area (Å²) in [7, 11) is 0. The van der Waals surface area contributed by atoms with E-state index in [1.54, 1.807) is 16.7 Å². The Hall–Kier alpha value is -1.28. The highest BCUT2D eigenvalue weighted by molar-refractivity contribution is 7.99. The molecule has 1 atom stereocenters. The van der Waals surface area contributed by atoms with Gasteiger partial charge in [-0.2, -0.15) is 0 Å². The standard InChI is InChI=1S/C19H31N3O4S/c1-2-3-4-17(23)22-12-27-11-16(22)19(26)20-14-7-15(8-14)21(10-18(24)25)9-13-5-6-13/h13-16H,2-12H2,1H3,(H,20,26)(H,24,25). The molecule has 1 saturated heterocycles. The van der Waals surface area contributed by atoms with Gasteiger partial charge in [0.2, 0.25) is 11.8 Å². The summed E-state index contributed by atoms with van der Waals surface area (Å²) in [5.74, 6) is 1.14. The molecule has 1 heterocycles. The van der Waals surface area contributed by atoms with Crippen molar-refractivity contribution in [2.45, 2.75) is 70.0 Å². The minimum Gasteiger partial charge on any atom is -0.480 e. The average Bonchev–Trinajstić information content (AvgIpc) is 3.26. The Labute approximate surface area is 165 Å². The van der Waals surface area contributed by atoms with Gasteiger partial charge in [0.25, 0.3) is 0 Å². The number of hydrogen-bond acceptors (Lipinski definition) is 5. The normalized spacial score (nSPS) is 27.5. The molecule has 2 aliphatic carbocycles. The van der Waals surface area contributed by atoms with Crippen molar-refractivity contribution < 1.29 is 19.5 Å². The number of amides is 2. The number of carboxylic acid groups (broad SMARTS) is 1. The molecule has 0 aromatic rings. The van der Waals surface area contributed by atoms with Gasteiger partial charge < -0.3 is 15.3 Å². The van der Waals surface area contributed by atoms with E-state index in [9.17, 15) is 14.4 Å². The van der Waals surface area contributed by atoms with E-state index in [4.69, 9.17) is 5.11 Å². The lowest BCUT2D eigenvalue weighted by atomic mass is 9.85. The van der Waals surface area contributed by atoms with Crippen LogP contribution in [0.25, 0.3) is 0 Å². The van der Waals surface area contributed by atoms with Gasteiger partial charge >= 0.3 is 5.97 Å². The maximum absolute atomic E-state index is 12.7. The summed E-state index contributed by atoms with van der Waals surface area (Å²) in [6, 6.07) is -0.0246. The Bertz CT molecular complexity index is 563. The molecule has 0 aromatic heterocycles. The van der Waals surface area contributed by atoms with Crippen molar-refractivity contribution >= 4 is 29.5 Å². The first-order valence-electron chi connectivity index (χ1n) is 10.1. The van der Waals surface area contributed by atoms with Crippen LogP contribution in [0.5, 0.6) is 0 Å². The lowest BCUT2D eigenvalue weighted by Gasteiger charge is -2.43. The zero-order chi connectivity index (χ0) is 19.4. The minimum atomic E-state index is -0.785. The largest absolute Gasteiger partial charge is 0.480 e. The number of carbonyl (C=O) groups excluding carboxylic acids is 2. The van der Waals surface area contributed by atoms with Gasteiger partial charge in [-0.1, -0.05) is 13.3 Å². The summed E-state index contributed by atoms with van der Waals surface area (Å²) in [5, 5.41) is 12.2. The maximum atomic E-state index is 12.7. The summed E-state index contributed by atoms with van der Waals surface area (Å²) in [4.78, 5) is 39.9. The fraction of sp³-hybridized carbons (Fsp3) is 0.842. The second kappa shape index (κ2) is 9.28. The number of carboxylic acids is 1. The fourth-order valence-electron chi connectivity index (χ4n) is 3.83. The first-order valence-corrected chi connectivity index (χ1v) is 11.3. The van der Waals surface area contributed by atoms with E-state index in [1.165, 1.54) is 12.8 Å². The van der Waals surface area contributed by atoms with Gasteiger partial charge in [0.1, 0.15) is 6.04 Å². The molecular weight excluding hydrogens is 366 g/mol. The summed E-state index contributed by atoms with van der Waals surface area (Å²) in [5.41, 5.74) is 0. The monoisotopic (exact) mass is 397 g/mol. The molecule has 2 N–H and O–H groups in total. The molecule has 8 heteroatoms. The number of thioether (sulfide) groups is 1. The molecule has 0 spiro atoms. The Kier molecular flexibility index (Phi) is 7.03. The van der Waals surface area contributed by atoms with Gasteiger partial charge in [0, 0.05) is 30.8 Å². The van der Waals surface area contributed by atoms with Gasteiger partial charge in [-0.05, 0) is 38.0 Å². The van der Waals surface area contributed by atoms with E-state index in [2.05, 4.69) is 17.1 Å². The molecule has 152 valence electrons. The van der Waals surface area contributed by atoms with Crippen LogP contribution in [0.15, 0.2) is 0 Å². The second-order valence-electron chi connectivity index (χ2n) is 8.08. The van der Waals surface area contributed by atoms with Crippen LogP contribution in [0.2, 0.25) is 0 Å². The van der Waals surface area contributed by atoms with Crippen molar-refractivity contribution in [1.82, 2.24) is 15.1 Å². The second-order valence-corrected chi connectivity index (χ2v) is 9.08. The quantitative estimate of drug-likeness (QED) is 0.581. The fourth-order valence-corrected chi connectivity index (χ4v) is 5.01. The molecule has 0 bridgehead atoms. The van der Waals surface area contributed by atoms with E-state index >= 15 is 0 Å². The van der Waals surface area contributed by atoms with Crippen LogP contribution in [0.1, 0.15) is 51.9 Å². The van der Waals surface area contributed by atoms with Crippen LogP contribution in [0.4, 0.5) is 0 Å². The number of carbonyl (C=O) groups is 3. The topological polar surface area (TPSA) is 90.0 Å². The summed E-state index contributed by atoms with van der Waals surface area (Å²) in [6.45, 7) is 3.00. The number of rotatable bonds is 10. The zero-order valence-corrected chi connectivity index (χ0v) is 16.9. The first-order chi connectivity index (χ1) is 13.0. The number of hydrogen-bond donors (Lipinski definition) is 2. The Morgan fingerprint density at radius 2 is 2.00 bits per heavy atom. The molecule has 3 aliphatic rings. The van der Waals surface area contributed by atoms with Crippen molar-refractivity contribution in [3.05, 3.63) is 0 Å². The van der Waals surface area contributed by atoms with Crippen molar-refractivity contribution in [2.24, 2.45) is 5.92 Å². The molecule has 3 rings (SSSR count). The molecule has 1 aliphatic heterocycles. The molecule has 0 radical (unpaired) electrons. The molecule has 27 heavy (non-hydrogen) atoms. The lowest BCUT2D eigenvalue weighted by Crippen LogP contribution is -2.58. The van der Waals surface area contributed by atoms with Crippen LogP contribution < -0.4 is 5.32 Å². The third kappa shape index (κ3) is 5.60. The van der Waals surface area contributed by atoms with Gasteiger partial charge in [0.05, 0.1) is 12.4 Å². The molecule has 1 unspecified atom stereocenters. The predicted molar refractivity (Wildman–Crippen MR) is 104 cm³/mol. The summed E-state index contributed by atoms with van der Waals surface area (Å²) < 4.78 is 0. The van der Waals surface area contributed by atoms with E-state index in [-0.39, 0.29) is 36.5 Å². The highest BCUT2D eigenvalue weighted by Crippen LogP contribution is 2.34. The van der Waals surface area contributed by atoms with E-state index in [0.29, 0.717) is 24.0 Å². The number of nitrogens with zero attached hydrogens (tertiary/aromatic N) is 2. The number of unbranched alkanes of at least 4 members (excludes halogenated alkanes) is 1. The third-order valence-corrected chi connectivity index (χ3v) is 6.77. The summed E-state index contributed by atoms with van der Waals surface area (Å²) in [6.07, 6.45) is 6.34. The molecule has 0 aromatic carbocycles. The van der Waals surface area contributed by atoms with Crippen molar-refractivity contribution in [1.29, 1.82) is 0 Å². The molecule has 2 saturated carbocycles. The number of aliphatic carboxylic acids is 1. The minimum absolute atomic E-state index is 0.0553. The highest BCUT2D eigenvalue weighted by Gasteiger charge is 2.40. The first kappa shape index (κ1) is 20.5. The number of nitrogens with one attached hydrogen (secondary N) is 1. The van der Waals surface area contributed by atoms with Gasteiger partial charge in [-0.15, -0.1) is 11.8 Å².